The first kappa shape index (κ1) is 14.7. The first-order valence-corrected chi connectivity index (χ1v) is 7.62. The third-order valence-corrected chi connectivity index (χ3v) is 4.19. The molecule has 0 saturated carbocycles. The van der Waals surface area contributed by atoms with E-state index in [9.17, 15) is 4.79 Å². The summed E-state index contributed by atoms with van der Waals surface area (Å²) in [6, 6.07) is 5.71. The highest BCUT2D eigenvalue weighted by molar-refractivity contribution is 5.95. The summed E-state index contributed by atoms with van der Waals surface area (Å²) in [4.78, 5) is 17.0. The van der Waals surface area contributed by atoms with Crippen LogP contribution in [0, 0.1) is 5.92 Å². The molecule has 2 aromatic rings. The minimum atomic E-state index is -0.105. The first-order chi connectivity index (χ1) is 10.6. The smallest absolute Gasteiger partial charge is 0.227 e. The van der Waals surface area contributed by atoms with E-state index in [1.807, 2.05) is 32.2 Å². The second kappa shape index (κ2) is 5.88. The molecule has 0 aromatic carbocycles. The van der Waals surface area contributed by atoms with Gasteiger partial charge in [-0.05, 0) is 25.0 Å². The van der Waals surface area contributed by atoms with E-state index in [2.05, 4.69) is 15.4 Å². The predicted molar refractivity (Wildman–Crippen MR) is 85.0 cm³/mol. The molecule has 0 spiro atoms. The van der Waals surface area contributed by atoms with Crippen LogP contribution in [-0.4, -0.2) is 20.7 Å². The van der Waals surface area contributed by atoms with Crippen LogP contribution >= 0.6 is 0 Å². The molecule has 22 heavy (non-hydrogen) atoms. The van der Waals surface area contributed by atoms with Gasteiger partial charge in [0, 0.05) is 19.0 Å². The number of hydrogen-bond donors (Lipinski definition) is 2. The number of pyridine rings is 1. The molecule has 1 amide bonds. The van der Waals surface area contributed by atoms with Crippen LogP contribution in [0.15, 0.2) is 24.4 Å². The van der Waals surface area contributed by atoms with E-state index in [1.165, 1.54) is 0 Å². The number of carbonyl (C=O) groups is 1. The van der Waals surface area contributed by atoms with Gasteiger partial charge >= 0.3 is 0 Å². The van der Waals surface area contributed by atoms with E-state index in [1.54, 1.807) is 10.9 Å². The van der Waals surface area contributed by atoms with E-state index < -0.39 is 0 Å². The normalized spacial score (nSPS) is 22.2. The van der Waals surface area contributed by atoms with E-state index in [0.717, 1.165) is 36.3 Å². The molecule has 0 radical (unpaired) electrons. The Bertz CT molecular complexity index is 694. The number of fused-ring (bicyclic) bond motifs is 4. The summed E-state index contributed by atoms with van der Waals surface area (Å²) in [7, 11) is 1.84. The molecule has 0 saturated heterocycles. The maximum atomic E-state index is 12.3. The number of aryl methyl sites for hydroxylation is 1. The molecular formula is C16H21N5O. The molecule has 0 fully saturated rings. The van der Waals surface area contributed by atoms with Gasteiger partial charge in [-0.15, -0.1) is 0 Å². The number of nitrogens with zero attached hydrogens (tertiary/aromatic N) is 3. The van der Waals surface area contributed by atoms with Crippen molar-refractivity contribution in [1.82, 2.24) is 14.8 Å². The largest absolute Gasteiger partial charge is 0.323 e. The van der Waals surface area contributed by atoms with Crippen LogP contribution in [0.25, 0.3) is 11.4 Å². The van der Waals surface area contributed by atoms with Gasteiger partial charge in [-0.25, -0.2) is 4.98 Å². The maximum absolute atomic E-state index is 12.3. The molecule has 0 aliphatic carbocycles. The molecule has 3 N–H and O–H groups in total. The van der Waals surface area contributed by atoms with Crippen molar-refractivity contribution in [3.05, 3.63) is 30.1 Å². The number of rotatable bonds is 0. The lowest BCUT2D eigenvalue weighted by Gasteiger charge is -2.17. The topological polar surface area (TPSA) is 85.8 Å². The fourth-order valence-electron chi connectivity index (χ4n) is 2.80. The number of anilines is 1. The molecule has 1 aliphatic rings. The molecule has 3 rings (SSSR count). The Morgan fingerprint density at radius 1 is 1.36 bits per heavy atom. The zero-order valence-corrected chi connectivity index (χ0v) is 12.9. The lowest BCUT2D eigenvalue weighted by Crippen LogP contribution is -2.22. The van der Waals surface area contributed by atoms with Gasteiger partial charge in [0.25, 0.3) is 0 Å². The third-order valence-electron chi connectivity index (χ3n) is 4.19. The lowest BCUT2D eigenvalue weighted by atomic mass is 9.98. The van der Waals surface area contributed by atoms with Crippen molar-refractivity contribution in [2.45, 2.75) is 32.2 Å². The summed E-state index contributed by atoms with van der Waals surface area (Å²) < 4.78 is 1.73. The van der Waals surface area contributed by atoms with Gasteiger partial charge in [-0.1, -0.05) is 19.4 Å². The van der Waals surface area contributed by atoms with Crippen molar-refractivity contribution in [2.24, 2.45) is 18.7 Å². The van der Waals surface area contributed by atoms with Gasteiger partial charge < -0.3 is 11.1 Å². The first-order valence-electron chi connectivity index (χ1n) is 7.62. The van der Waals surface area contributed by atoms with E-state index in [0.29, 0.717) is 5.69 Å². The third kappa shape index (κ3) is 2.74. The molecule has 2 atom stereocenters. The number of hydrogen-bond acceptors (Lipinski definition) is 4. The molecule has 1 aliphatic heterocycles. The van der Waals surface area contributed by atoms with Gasteiger partial charge in [0.1, 0.15) is 5.69 Å². The number of nitrogens with two attached hydrogens (primary N) is 1. The van der Waals surface area contributed by atoms with Crippen molar-refractivity contribution in [3.8, 4) is 11.4 Å². The van der Waals surface area contributed by atoms with E-state index in [-0.39, 0.29) is 17.9 Å². The molecule has 116 valence electrons. The van der Waals surface area contributed by atoms with Gasteiger partial charge in [-0.2, -0.15) is 5.10 Å². The van der Waals surface area contributed by atoms with Gasteiger partial charge in [-0.3, -0.25) is 9.48 Å². The Kier molecular flexibility index (Phi) is 3.94. The van der Waals surface area contributed by atoms with Crippen LogP contribution in [0.2, 0.25) is 0 Å². The van der Waals surface area contributed by atoms with Crippen molar-refractivity contribution in [3.63, 3.8) is 0 Å². The average Bonchev–Trinajstić information content (AvgIpc) is 2.87. The Labute approximate surface area is 129 Å². The van der Waals surface area contributed by atoms with Crippen molar-refractivity contribution < 1.29 is 4.79 Å². The van der Waals surface area contributed by atoms with Crippen LogP contribution in [0.4, 0.5) is 5.69 Å². The van der Waals surface area contributed by atoms with Crippen LogP contribution in [0.5, 0.6) is 0 Å². The summed E-state index contributed by atoms with van der Waals surface area (Å²) in [6.07, 6.45) is 4.21. The summed E-state index contributed by atoms with van der Waals surface area (Å²) >= 11 is 0. The van der Waals surface area contributed by atoms with Gasteiger partial charge in [0.15, 0.2) is 0 Å². The minimum absolute atomic E-state index is 0.0135. The lowest BCUT2D eigenvalue weighted by molar-refractivity contribution is -0.119. The Morgan fingerprint density at radius 2 is 2.18 bits per heavy atom. The second-order valence-corrected chi connectivity index (χ2v) is 5.91. The number of carbonyl (C=O) groups excluding carboxylic acids is 1. The highest BCUT2D eigenvalue weighted by Gasteiger charge is 2.20. The van der Waals surface area contributed by atoms with Crippen LogP contribution in [0.3, 0.4) is 0 Å². The summed E-state index contributed by atoms with van der Waals surface area (Å²) in [5.41, 5.74) is 9.39. The quantitative estimate of drug-likeness (QED) is 0.781. The Balaban J connectivity index is 2.10. The van der Waals surface area contributed by atoms with Gasteiger partial charge in [0.2, 0.25) is 5.91 Å². The average molecular weight is 299 g/mol. The standard InChI is InChI=1S/C16H21N5O/c1-10-5-3-6-11(17)12-7-4-8-13(19-12)15-14(20-16(10)22)9-18-21(15)2/h4,7-11H,3,5-6,17H2,1-2H3,(H,20,22)/t10-,11+/m1/s1. The molecule has 3 heterocycles. The monoisotopic (exact) mass is 299 g/mol. The zero-order valence-electron chi connectivity index (χ0n) is 12.9. The van der Waals surface area contributed by atoms with E-state index in [4.69, 9.17) is 5.73 Å². The number of nitrogens with one attached hydrogen (secondary N) is 1. The molecule has 6 nitrogen and oxygen atoms in total. The van der Waals surface area contributed by atoms with Crippen molar-refractivity contribution >= 4 is 11.6 Å². The Hall–Kier alpha value is -2.21. The fourth-order valence-corrected chi connectivity index (χ4v) is 2.80. The molecular weight excluding hydrogens is 278 g/mol. The molecule has 2 bridgehead atoms. The zero-order chi connectivity index (χ0) is 15.7. The van der Waals surface area contributed by atoms with Gasteiger partial charge in [0.05, 0.1) is 23.3 Å². The minimum Gasteiger partial charge on any atom is -0.323 e. The Morgan fingerprint density at radius 3 is 3.00 bits per heavy atom. The molecule has 6 heteroatoms. The van der Waals surface area contributed by atoms with Crippen molar-refractivity contribution in [2.75, 3.05) is 5.32 Å². The van der Waals surface area contributed by atoms with Crippen molar-refractivity contribution in [1.29, 1.82) is 0 Å². The maximum Gasteiger partial charge on any atom is 0.227 e. The number of amides is 1. The SMILES string of the molecule is C[C@@H]1CCC[C@H](N)c2cccc(n2)-c2c(cnn2C)NC1=O. The molecule has 2 aromatic heterocycles. The highest BCUT2D eigenvalue weighted by Crippen LogP contribution is 2.29. The fraction of sp³-hybridized carbons (Fsp3) is 0.438. The summed E-state index contributed by atoms with van der Waals surface area (Å²) in [5.74, 6) is -0.0365. The summed E-state index contributed by atoms with van der Waals surface area (Å²) in [6.45, 7) is 1.94. The molecule has 0 unspecified atom stereocenters. The second-order valence-electron chi connectivity index (χ2n) is 5.91. The van der Waals surface area contributed by atoms with Crippen LogP contribution < -0.4 is 11.1 Å². The highest BCUT2D eigenvalue weighted by atomic mass is 16.1. The predicted octanol–water partition coefficient (Wildman–Crippen LogP) is 2.24. The van der Waals surface area contributed by atoms with E-state index >= 15 is 0 Å². The summed E-state index contributed by atoms with van der Waals surface area (Å²) in [5, 5.41) is 7.23. The number of aromatic nitrogens is 3. The van der Waals surface area contributed by atoms with Crippen LogP contribution in [-0.2, 0) is 11.8 Å². The van der Waals surface area contributed by atoms with Crippen LogP contribution in [0.1, 0.15) is 37.9 Å².